The molecule has 0 radical (unpaired) electrons. The van der Waals surface area contributed by atoms with Gasteiger partial charge in [-0.2, -0.15) is 0 Å². The number of hydrogen-bond donors (Lipinski definition) is 0. The first-order chi connectivity index (χ1) is 22.5. The highest BCUT2D eigenvalue weighted by Crippen LogP contribution is 2.51. The van der Waals surface area contributed by atoms with Crippen molar-refractivity contribution in [2.75, 3.05) is 13.2 Å². The van der Waals surface area contributed by atoms with Crippen LogP contribution in [0.15, 0.2) is 121 Å². The van der Waals surface area contributed by atoms with Crippen LogP contribution < -0.4 is 0 Å². The van der Waals surface area contributed by atoms with Gasteiger partial charge in [-0.15, -0.1) is 0 Å². The van der Waals surface area contributed by atoms with E-state index in [0.717, 1.165) is 22.3 Å². The van der Waals surface area contributed by atoms with Gasteiger partial charge in [-0.05, 0) is 40.4 Å². The molecule has 0 bridgehead atoms. The van der Waals surface area contributed by atoms with Crippen molar-refractivity contribution >= 4 is 16.1 Å². The van der Waals surface area contributed by atoms with Gasteiger partial charge in [0.15, 0.2) is 8.32 Å². The third-order valence-corrected chi connectivity index (χ3v) is 14.2. The van der Waals surface area contributed by atoms with E-state index in [4.69, 9.17) is 27.5 Å². The summed E-state index contributed by atoms with van der Waals surface area (Å²) in [5.74, 6) is 0. The third-order valence-electron chi connectivity index (χ3n) is 8.30. The van der Waals surface area contributed by atoms with Crippen LogP contribution in [0.25, 0.3) is 0 Å². The van der Waals surface area contributed by atoms with Crippen LogP contribution >= 0.6 is 7.82 Å². The van der Waals surface area contributed by atoms with Crippen molar-refractivity contribution in [3.05, 3.63) is 144 Å². The molecule has 0 N–H and O–H groups in total. The fourth-order valence-corrected chi connectivity index (χ4v) is 6.50. The van der Waals surface area contributed by atoms with Gasteiger partial charge in [0.1, 0.15) is 12.2 Å². The van der Waals surface area contributed by atoms with Crippen molar-refractivity contribution in [2.24, 2.45) is 0 Å². The fraction of sp³-hybridized carbons (Fsp3) is 0.368. The topological polar surface area (TPSA) is 72.5 Å². The zero-order chi connectivity index (χ0) is 33.6. The lowest BCUT2D eigenvalue weighted by Crippen LogP contribution is -2.46. The average Bonchev–Trinajstić information content (AvgIpc) is 3.08. The van der Waals surface area contributed by atoms with E-state index in [1.165, 1.54) is 0 Å². The zero-order valence-electron chi connectivity index (χ0n) is 28.2. The van der Waals surface area contributed by atoms with Gasteiger partial charge in [0.2, 0.25) is 0 Å². The minimum Gasteiger partial charge on any atom is -0.414 e. The summed E-state index contributed by atoms with van der Waals surface area (Å²) in [5.41, 5.74) is 3.72. The summed E-state index contributed by atoms with van der Waals surface area (Å²) in [6.07, 6.45) is -1.19. The second-order valence-electron chi connectivity index (χ2n) is 13.0. The minimum atomic E-state index is -4.06. The summed E-state index contributed by atoms with van der Waals surface area (Å²) in [6, 6.07) is 38.9. The van der Waals surface area contributed by atoms with Gasteiger partial charge < -0.3 is 13.9 Å². The van der Waals surface area contributed by atoms with E-state index in [0.29, 0.717) is 13.2 Å². The molecule has 0 aliphatic carbocycles. The first kappa shape index (κ1) is 36.9. The van der Waals surface area contributed by atoms with Gasteiger partial charge in [0, 0.05) is 0 Å². The largest absolute Gasteiger partial charge is 0.475 e. The second-order valence-corrected chi connectivity index (χ2v) is 19.5. The van der Waals surface area contributed by atoms with Crippen LogP contribution in [-0.2, 0) is 58.5 Å². The van der Waals surface area contributed by atoms with Crippen molar-refractivity contribution in [2.45, 2.75) is 77.5 Å². The summed E-state index contributed by atoms with van der Waals surface area (Å²) in [4.78, 5) is 0. The van der Waals surface area contributed by atoms with Crippen LogP contribution in [0.1, 0.15) is 43.0 Å². The molecule has 252 valence electrons. The molecule has 47 heavy (non-hydrogen) atoms. The summed E-state index contributed by atoms with van der Waals surface area (Å²) < 4.78 is 51.8. The lowest BCUT2D eigenvalue weighted by molar-refractivity contribution is -0.117. The third kappa shape index (κ3) is 12.6. The average molecular weight is 677 g/mol. The van der Waals surface area contributed by atoms with Crippen molar-refractivity contribution < 1.29 is 32.0 Å². The minimum absolute atomic E-state index is 0.000131. The molecule has 0 aromatic heterocycles. The Bertz CT molecular complexity index is 1430. The molecular weight excluding hydrogens is 627 g/mol. The molecule has 9 heteroatoms. The lowest BCUT2D eigenvalue weighted by atomic mass is 10.2. The van der Waals surface area contributed by atoms with Gasteiger partial charge in [-0.25, -0.2) is 4.57 Å². The molecule has 0 spiro atoms. The van der Waals surface area contributed by atoms with E-state index >= 15 is 0 Å². The second kappa shape index (κ2) is 18.0. The van der Waals surface area contributed by atoms with Crippen LogP contribution in [-0.4, -0.2) is 33.7 Å². The van der Waals surface area contributed by atoms with Gasteiger partial charge in [-0.3, -0.25) is 13.6 Å². The molecule has 2 atom stereocenters. The van der Waals surface area contributed by atoms with E-state index in [9.17, 15) is 4.57 Å². The summed E-state index contributed by atoms with van der Waals surface area (Å²) in [5, 5.41) is 0.000131. The zero-order valence-corrected chi connectivity index (χ0v) is 30.1. The first-order valence-corrected chi connectivity index (χ1v) is 20.5. The predicted octanol–water partition coefficient (Wildman–Crippen LogP) is 9.74. The van der Waals surface area contributed by atoms with Crippen LogP contribution in [0.4, 0.5) is 0 Å². The highest BCUT2D eigenvalue weighted by Gasteiger charge is 2.39. The molecule has 0 heterocycles. The summed E-state index contributed by atoms with van der Waals surface area (Å²) in [7, 11) is -6.21. The van der Waals surface area contributed by atoms with Gasteiger partial charge in [0.05, 0.1) is 39.6 Å². The molecule has 0 aliphatic heterocycles. The highest BCUT2D eigenvalue weighted by atomic mass is 31.2. The van der Waals surface area contributed by atoms with Gasteiger partial charge in [0.25, 0.3) is 0 Å². The highest BCUT2D eigenvalue weighted by molar-refractivity contribution is 7.48. The fourth-order valence-electron chi connectivity index (χ4n) is 4.32. The number of ether oxygens (including phenoxy) is 2. The molecule has 0 saturated carbocycles. The van der Waals surface area contributed by atoms with Crippen molar-refractivity contribution in [1.82, 2.24) is 0 Å². The number of benzene rings is 4. The van der Waals surface area contributed by atoms with E-state index in [2.05, 4.69) is 33.9 Å². The molecule has 4 aromatic carbocycles. The molecule has 0 unspecified atom stereocenters. The van der Waals surface area contributed by atoms with Crippen molar-refractivity contribution in [3.63, 3.8) is 0 Å². The maximum atomic E-state index is 14.2. The number of phosphoric acid groups is 1. The van der Waals surface area contributed by atoms with Crippen molar-refractivity contribution in [1.29, 1.82) is 0 Å². The van der Waals surface area contributed by atoms with Gasteiger partial charge in [-0.1, -0.05) is 142 Å². The summed E-state index contributed by atoms with van der Waals surface area (Å²) >= 11 is 0. The molecule has 0 fully saturated rings. The molecule has 4 aromatic rings. The number of hydrogen-bond acceptors (Lipinski definition) is 7. The lowest BCUT2D eigenvalue weighted by Gasteiger charge is -2.38. The Kier molecular flexibility index (Phi) is 14.1. The Labute approximate surface area is 281 Å². The molecular formula is C38H49O7PSi. The molecule has 7 nitrogen and oxygen atoms in total. The molecule has 0 amide bonds. The molecule has 0 aliphatic rings. The standard InChI is InChI=1S/C38H49O7PSi/c1-38(2,3)47(4,5)45-31-37(41-27-33-20-12-7-13-21-33)36(40-26-32-18-10-6-11-19-32)30-44-46(39,42-28-34-22-14-8-15-23-34)43-29-35-24-16-9-17-25-35/h6-25,36-37H,26-31H2,1-5H3/t36-,37-/m1/s1. The van der Waals surface area contributed by atoms with Crippen LogP contribution in [0.2, 0.25) is 18.1 Å². The quantitative estimate of drug-likeness (QED) is 0.0723. The Balaban J connectivity index is 1.57. The van der Waals surface area contributed by atoms with Crippen LogP contribution in [0, 0.1) is 0 Å². The monoisotopic (exact) mass is 676 g/mol. The van der Waals surface area contributed by atoms with E-state index in [1.54, 1.807) is 0 Å². The molecule has 0 saturated heterocycles. The molecule has 4 rings (SSSR count). The normalized spacial score (nSPS) is 13.7. The van der Waals surface area contributed by atoms with E-state index in [1.807, 2.05) is 121 Å². The SMILES string of the molecule is CC(C)(C)[Si](C)(C)OC[C@@H](OCc1ccccc1)[C@@H](COP(=O)(OCc1ccccc1)OCc1ccccc1)OCc1ccccc1. The first-order valence-electron chi connectivity index (χ1n) is 16.1. The predicted molar refractivity (Wildman–Crippen MR) is 189 cm³/mol. The Hall–Kier alpha value is -2.91. The Morgan fingerprint density at radius 1 is 0.532 bits per heavy atom. The van der Waals surface area contributed by atoms with Crippen LogP contribution in [0.5, 0.6) is 0 Å². The van der Waals surface area contributed by atoms with Crippen molar-refractivity contribution in [3.8, 4) is 0 Å². The van der Waals surface area contributed by atoms with Crippen LogP contribution in [0.3, 0.4) is 0 Å². The van der Waals surface area contributed by atoms with E-state index < -0.39 is 28.3 Å². The smallest absolute Gasteiger partial charge is 0.414 e. The number of phosphoric ester groups is 1. The maximum absolute atomic E-state index is 14.2. The van der Waals surface area contributed by atoms with Gasteiger partial charge >= 0.3 is 7.82 Å². The summed E-state index contributed by atoms with van der Waals surface area (Å²) in [6.45, 7) is 12.0. The van der Waals surface area contributed by atoms with E-state index in [-0.39, 0.29) is 31.5 Å². The maximum Gasteiger partial charge on any atom is 0.475 e. The number of rotatable bonds is 19. The Morgan fingerprint density at radius 3 is 1.23 bits per heavy atom. The Morgan fingerprint density at radius 2 is 0.872 bits per heavy atom.